The molecule has 5 nitrogen and oxygen atoms in total. The highest BCUT2D eigenvalue weighted by Crippen LogP contribution is 2.34. The summed E-state index contributed by atoms with van der Waals surface area (Å²) in [5.41, 5.74) is -0.799. The van der Waals surface area contributed by atoms with Gasteiger partial charge in [0.15, 0.2) is 0 Å². The first kappa shape index (κ1) is 17.8. The van der Waals surface area contributed by atoms with Crippen LogP contribution in [0, 0.1) is 5.92 Å². The van der Waals surface area contributed by atoms with Crippen LogP contribution >= 0.6 is 0 Å². The number of piperidine rings is 1. The number of hydrogen-bond donors (Lipinski definition) is 0. The summed E-state index contributed by atoms with van der Waals surface area (Å²) in [6.45, 7) is 12.5. The average molecular weight is 299 g/mol. The second-order valence-electron chi connectivity index (χ2n) is 7.31. The van der Waals surface area contributed by atoms with Gasteiger partial charge in [-0.2, -0.15) is 0 Å². The molecule has 0 N–H and O–H groups in total. The number of esters is 1. The van der Waals surface area contributed by atoms with Gasteiger partial charge >= 0.3 is 12.1 Å². The molecule has 1 aliphatic rings. The smallest absolute Gasteiger partial charge is 0.410 e. The molecule has 0 aromatic carbocycles. The van der Waals surface area contributed by atoms with Crippen molar-refractivity contribution in [3.05, 3.63) is 0 Å². The zero-order valence-corrected chi connectivity index (χ0v) is 14.2. The summed E-state index contributed by atoms with van der Waals surface area (Å²) in [7, 11) is 0. The van der Waals surface area contributed by atoms with Crippen molar-refractivity contribution in [3.8, 4) is 0 Å². The molecule has 0 radical (unpaired) electrons. The molecule has 1 unspecified atom stereocenters. The lowest BCUT2D eigenvalue weighted by molar-refractivity contribution is -0.144. The van der Waals surface area contributed by atoms with E-state index in [1.54, 1.807) is 4.90 Å². The third kappa shape index (κ3) is 5.56. The fourth-order valence-electron chi connectivity index (χ4n) is 2.82. The van der Waals surface area contributed by atoms with Gasteiger partial charge in [0.2, 0.25) is 0 Å². The molecule has 1 rings (SSSR count). The third-order valence-corrected chi connectivity index (χ3v) is 3.65. The summed E-state index contributed by atoms with van der Waals surface area (Å²) in [5, 5.41) is 0. The van der Waals surface area contributed by atoms with E-state index in [0.29, 0.717) is 19.6 Å². The maximum atomic E-state index is 12.3. The van der Waals surface area contributed by atoms with Crippen LogP contribution in [0.15, 0.2) is 0 Å². The zero-order chi connectivity index (χ0) is 16.3. The van der Waals surface area contributed by atoms with Crippen molar-refractivity contribution in [2.24, 2.45) is 5.92 Å². The van der Waals surface area contributed by atoms with E-state index in [0.717, 1.165) is 12.8 Å². The SMILES string of the molecule is CCOC(=O)CC1CCN(C(=O)OC(C)(C)C)C(C)(C)C1. The molecule has 0 saturated carbocycles. The minimum absolute atomic E-state index is 0.149. The minimum atomic E-state index is -0.491. The first-order chi connectivity index (χ1) is 9.55. The van der Waals surface area contributed by atoms with Gasteiger partial charge in [0.1, 0.15) is 5.60 Å². The molecule has 0 spiro atoms. The van der Waals surface area contributed by atoms with Gasteiger partial charge in [0.25, 0.3) is 0 Å². The molecule has 1 amide bonds. The third-order valence-electron chi connectivity index (χ3n) is 3.65. The molecule has 122 valence electrons. The molecule has 1 atom stereocenters. The fourth-order valence-corrected chi connectivity index (χ4v) is 2.82. The van der Waals surface area contributed by atoms with Crippen LogP contribution in [-0.4, -0.2) is 41.3 Å². The van der Waals surface area contributed by atoms with Crippen LogP contribution in [0.3, 0.4) is 0 Å². The highest BCUT2D eigenvalue weighted by molar-refractivity contribution is 5.70. The monoisotopic (exact) mass is 299 g/mol. The first-order valence-electron chi connectivity index (χ1n) is 7.71. The Balaban J connectivity index is 2.62. The molecule has 1 aliphatic heterocycles. The van der Waals surface area contributed by atoms with E-state index >= 15 is 0 Å². The molecule has 21 heavy (non-hydrogen) atoms. The van der Waals surface area contributed by atoms with Crippen LogP contribution in [0.2, 0.25) is 0 Å². The molecule has 1 fully saturated rings. The summed E-state index contributed by atoms with van der Waals surface area (Å²) < 4.78 is 10.5. The zero-order valence-electron chi connectivity index (χ0n) is 14.2. The van der Waals surface area contributed by atoms with Crippen molar-refractivity contribution in [3.63, 3.8) is 0 Å². The Morgan fingerprint density at radius 1 is 1.29 bits per heavy atom. The molecule has 0 aromatic rings. The summed E-state index contributed by atoms with van der Waals surface area (Å²) in [6, 6.07) is 0. The van der Waals surface area contributed by atoms with E-state index in [2.05, 4.69) is 0 Å². The summed E-state index contributed by atoms with van der Waals surface area (Å²) in [6.07, 6.45) is 1.74. The Kier molecular flexibility index (Phi) is 5.65. The Bertz CT molecular complexity index is 384. The standard InChI is InChI=1S/C16H29NO4/c1-7-20-13(18)10-12-8-9-17(16(5,6)11-12)14(19)21-15(2,3)4/h12H,7-11H2,1-6H3. The van der Waals surface area contributed by atoms with Gasteiger partial charge in [0, 0.05) is 18.5 Å². The second kappa shape index (κ2) is 6.67. The Hall–Kier alpha value is -1.26. The topological polar surface area (TPSA) is 55.8 Å². The normalized spacial score (nSPS) is 21.8. The van der Waals surface area contributed by atoms with Crippen LogP contribution in [0.5, 0.6) is 0 Å². The first-order valence-corrected chi connectivity index (χ1v) is 7.71. The number of carbonyl (C=O) groups is 2. The van der Waals surface area contributed by atoms with Crippen molar-refractivity contribution in [2.75, 3.05) is 13.2 Å². The van der Waals surface area contributed by atoms with Crippen molar-refractivity contribution >= 4 is 12.1 Å². The van der Waals surface area contributed by atoms with Crippen LogP contribution < -0.4 is 0 Å². The number of ether oxygens (including phenoxy) is 2. The van der Waals surface area contributed by atoms with Crippen LogP contribution in [0.4, 0.5) is 4.79 Å². The lowest BCUT2D eigenvalue weighted by Crippen LogP contribution is -2.54. The molecule has 0 bridgehead atoms. The van der Waals surface area contributed by atoms with Crippen molar-refractivity contribution in [1.29, 1.82) is 0 Å². The summed E-state index contributed by atoms with van der Waals surface area (Å²) >= 11 is 0. The number of likely N-dealkylation sites (tertiary alicyclic amines) is 1. The van der Waals surface area contributed by atoms with Gasteiger partial charge in [-0.1, -0.05) is 0 Å². The maximum absolute atomic E-state index is 12.3. The molecular formula is C16H29NO4. The number of rotatable bonds is 3. The van der Waals surface area contributed by atoms with Crippen molar-refractivity contribution < 1.29 is 19.1 Å². The fraction of sp³-hybridized carbons (Fsp3) is 0.875. The maximum Gasteiger partial charge on any atom is 0.410 e. The second-order valence-corrected chi connectivity index (χ2v) is 7.31. The number of carbonyl (C=O) groups excluding carboxylic acids is 2. The van der Waals surface area contributed by atoms with E-state index in [4.69, 9.17) is 9.47 Å². The lowest BCUT2D eigenvalue weighted by Gasteiger charge is -2.45. The average Bonchev–Trinajstić information content (AvgIpc) is 2.24. The number of nitrogens with zero attached hydrogens (tertiary/aromatic N) is 1. The van der Waals surface area contributed by atoms with Crippen molar-refractivity contribution in [1.82, 2.24) is 4.90 Å². The van der Waals surface area contributed by atoms with Crippen LogP contribution in [0.1, 0.15) is 60.8 Å². The highest BCUT2D eigenvalue weighted by Gasteiger charge is 2.40. The Morgan fingerprint density at radius 3 is 2.38 bits per heavy atom. The molecule has 1 heterocycles. The predicted octanol–water partition coefficient (Wildman–Crippen LogP) is 3.37. The van der Waals surface area contributed by atoms with Gasteiger partial charge in [-0.3, -0.25) is 4.79 Å². The number of hydrogen-bond acceptors (Lipinski definition) is 4. The van der Waals surface area contributed by atoms with Crippen LogP contribution in [0.25, 0.3) is 0 Å². The quantitative estimate of drug-likeness (QED) is 0.750. The van der Waals surface area contributed by atoms with E-state index < -0.39 is 5.60 Å². The molecule has 5 heteroatoms. The largest absolute Gasteiger partial charge is 0.466 e. The van der Waals surface area contributed by atoms with E-state index in [9.17, 15) is 9.59 Å². The molecule has 0 aliphatic carbocycles. The van der Waals surface area contributed by atoms with Gasteiger partial charge in [0.05, 0.1) is 6.61 Å². The van der Waals surface area contributed by atoms with Gasteiger partial charge in [-0.05, 0) is 60.3 Å². The van der Waals surface area contributed by atoms with E-state index in [-0.39, 0.29) is 23.5 Å². The Morgan fingerprint density at radius 2 is 1.90 bits per heavy atom. The van der Waals surface area contributed by atoms with Gasteiger partial charge in [-0.15, -0.1) is 0 Å². The highest BCUT2D eigenvalue weighted by atomic mass is 16.6. The molecule has 0 aromatic heterocycles. The molecule has 1 saturated heterocycles. The lowest BCUT2D eigenvalue weighted by atomic mass is 9.81. The van der Waals surface area contributed by atoms with Crippen LogP contribution in [-0.2, 0) is 14.3 Å². The predicted molar refractivity (Wildman–Crippen MR) is 81.0 cm³/mol. The number of amides is 1. The summed E-state index contributed by atoms with van der Waals surface area (Å²) in [5.74, 6) is 0.113. The van der Waals surface area contributed by atoms with E-state index in [1.807, 2.05) is 41.5 Å². The Labute approximate surface area is 128 Å². The van der Waals surface area contributed by atoms with Gasteiger partial charge in [-0.25, -0.2) is 4.79 Å². The van der Waals surface area contributed by atoms with Gasteiger partial charge < -0.3 is 14.4 Å². The van der Waals surface area contributed by atoms with Crippen molar-refractivity contribution in [2.45, 2.75) is 71.9 Å². The minimum Gasteiger partial charge on any atom is -0.466 e. The molecular weight excluding hydrogens is 270 g/mol. The van der Waals surface area contributed by atoms with E-state index in [1.165, 1.54) is 0 Å². The summed E-state index contributed by atoms with van der Waals surface area (Å²) in [4.78, 5) is 25.6.